The average Bonchev–Trinajstić information content (AvgIpc) is 2.19. The Balaban J connectivity index is 2.29. The predicted molar refractivity (Wildman–Crippen MR) is 61.2 cm³/mol. The highest BCUT2D eigenvalue weighted by Gasteiger charge is 2.10. The Morgan fingerprint density at radius 1 is 1.50 bits per heavy atom. The monoisotopic (exact) mass is 194 g/mol. The van der Waals surface area contributed by atoms with Gasteiger partial charge in [0, 0.05) is 0 Å². The van der Waals surface area contributed by atoms with E-state index in [-0.39, 0.29) is 6.10 Å². The second-order valence-electron chi connectivity index (χ2n) is 4.40. The number of aliphatic hydroxyl groups excluding tert-OH is 1. The van der Waals surface area contributed by atoms with Crippen LogP contribution in [-0.4, -0.2) is 11.2 Å². The fourth-order valence-electron chi connectivity index (χ4n) is 1.98. The van der Waals surface area contributed by atoms with Crippen molar-refractivity contribution in [1.29, 1.82) is 0 Å². The molecule has 0 saturated heterocycles. The topological polar surface area (TPSA) is 20.2 Å². The molecule has 1 aliphatic carbocycles. The van der Waals surface area contributed by atoms with E-state index in [9.17, 15) is 5.11 Å². The minimum Gasteiger partial charge on any atom is -0.393 e. The van der Waals surface area contributed by atoms with E-state index in [0.717, 1.165) is 19.3 Å². The lowest BCUT2D eigenvalue weighted by Gasteiger charge is -2.17. The van der Waals surface area contributed by atoms with Gasteiger partial charge in [-0.05, 0) is 38.0 Å². The Bertz CT molecular complexity index is 215. The third-order valence-electron chi connectivity index (χ3n) is 2.86. The first-order chi connectivity index (χ1) is 6.72. The van der Waals surface area contributed by atoms with E-state index < -0.39 is 0 Å². The Kier molecular flexibility index (Phi) is 4.95. The lowest BCUT2D eigenvalue weighted by molar-refractivity contribution is 0.141. The molecule has 0 saturated carbocycles. The van der Waals surface area contributed by atoms with Crippen molar-refractivity contribution in [3.8, 4) is 0 Å². The molecular formula is C13H22O. The summed E-state index contributed by atoms with van der Waals surface area (Å²) < 4.78 is 0. The van der Waals surface area contributed by atoms with Crippen LogP contribution < -0.4 is 0 Å². The third kappa shape index (κ3) is 4.10. The predicted octanol–water partition coefficient (Wildman–Crippen LogP) is 3.45. The van der Waals surface area contributed by atoms with Crippen LogP contribution in [0.25, 0.3) is 0 Å². The van der Waals surface area contributed by atoms with Crippen molar-refractivity contribution < 1.29 is 5.11 Å². The summed E-state index contributed by atoms with van der Waals surface area (Å²) in [6.45, 7) is 4.28. The Labute approximate surface area is 87.5 Å². The first-order valence-electron chi connectivity index (χ1n) is 5.75. The van der Waals surface area contributed by atoms with Crippen molar-refractivity contribution in [2.75, 3.05) is 0 Å². The average molecular weight is 194 g/mol. The van der Waals surface area contributed by atoms with E-state index in [2.05, 4.69) is 25.2 Å². The number of allylic oxidation sites excluding steroid dienone is 4. The van der Waals surface area contributed by atoms with Gasteiger partial charge in [-0.15, -0.1) is 0 Å². The van der Waals surface area contributed by atoms with Crippen LogP contribution >= 0.6 is 0 Å². The summed E-state index contributed by atoms with van der Waals surface area (Å²) >= 11 is 0. The number of hydrogen-bond donors (Lipinski definition) is 1. The van der Waals surface area contributed by atoms with Crippen LogP contribution in [0, 0.1) is 5.92 Å². The molecule has 0 heterocycles. The van der Waals surface area contributed by atoms with Gasteiger partial charge in [-0.25, -0.2) is 0 Å². The van der Waals surface area contributed by atoms with Crippen molar-refractivity contribution >= 4 is 0 Å². The van der Waals surface area contributed by atoms with Crippen LogP contribution in [0.1, 0.15) is 46.0 Å². The van der Waals surface area contributed by atoms with Gasteiger partial charge >= 0.3 is 0 Å². The van der Waals surface area contributed by atoms with Gasteiger partial charge in [0.25, 0.3) is 0 Å². The van der Waals surface area contributed by atoms with Gasteiger partial charge in [0.15, 0.2) is 0 Å². The third-order valence-corrected chi connectivity index (χ3v) is 2.86. The van der Waals surface area contributed by atoms with E-state index in [1.54, 1.807) is 5.57 Å². The summed E-state index contributed by atoms with van der Waals surface area (Å²) in [7, 11) is 0. The van der Waals surface area contributed by atoms with Gasteiger partial charge in [0.1, 0.15) is 0 Å². The van der Waals surface area contributed by atoms with Crippen LogP contribution in [0.3, 0.4) is 0 Å². The summed E-state index contributed by atoms with van der Waals surface area (Å²) in [4.78, 5) is 0. The fraction of sp³-hybridized carbons (Fsp3) is 0.692. The summed E-state index contributed by atoms with van der Waals surface area (Å²) in [5.41, 5.74) is 1.54. The molecule has 0 aromatic rings. The number of rotatable bonds is 5. The quantitative estimate of drug-likeness (QED) is 0.710. The molecular weight excluding hydrogens is 172 g/mol. The zero-order valence-electron chi connectivity index (χ0n) is 9.37. The van der Waals surface area contributed by atoms with Crippen LogP contribution in [0.15, 0.2) is 23.8 Å². The fourth-order valence-corrected chi connectivity index (χ4v) is 1.98. The summed E-state index contributed by atoms with van der Waals surface area (Å²) in [5, 5.41) is 9.52. The second-order valence-corrected chi connectivity index (χ2v) is 4.40. The van der Waals surface area contributed by atoms with E-state index in [0.29, 0.717) is 5.92 Å². The molecule has 1 rings (SSSR count). The van der Waals surface area contributed by atoms with Crippen molar-refractivity contribution in [2.45, 2.75) is 52.1 Å². The Morgan fingerprint density at radius 3 is 2.86 bits per heavy atom. The van der Waals surface area contributed by atoms with Crippen molar-refractivity contribution in [2.24, 2.45) is 5.92 Å². The van der Waals surface area contributed by atoms with Crippen molar-refractivity contribution in [3.63, 3.8) is 0 Å². The molecule has 80 valence electrons. The summed E-state index contributed by atoms with van der Waals surface area (Å²) in [6.07, 6.45) is 11.9. The molecule has 1 N–H and O–H groups in total. The van der Waals surface area contributed by atoms with E-state index in [1.807, 2.05) is 6.92 Å². The van der Waals surface area contributed by atoms with Gasteiger partial charge in [-0.3, -0.25) is 0 Å². The van der Waals surface area contributed by atoms with Gasteiger partial charge in [-0.2, -0.15) is 0 Å². The molecule has 1 nitrogen and oxygen atoms in total. The van der Waals surface area contributed by atoms with E-state index in [1.165, 1.54) is 12.8 Å². The van der Waals surface area contributed by atoms with E-state index in [4.69, 9.17) is 0 Å². The lowest BCUT2D eigenvalue weighted by Crippen LogP contribution is -2.11. The smallest absolute Gasteiger partial charge is 0.0540 e. The molecule has 0 fully saturated rings. The first kappa shape index (κ1) is 11.5. The van der Waals surface area contributed by atoms with Crippen molar-refractivity contribution in [3.05, 3.63) is 23.8 Å². The maximum absolute atomic E-state index is 9.52. The summed E-state index contributed by atoms with van der Waals surface area (Å²) in [6, 6.07) is 0. The molecule has 0 aliphatic heterocycles. The van der Waals surface area contributed by atoms with Crippen LogP contribution in [0.2, 0.25) is 0 Å². The van der Waals surface area contributed by atoms with E-state index >= 15 is 0 Å². The van der Waals surface area contributed by atoms with Gasteiger partial charge in [0.05, 0.1) is 6.10 Å². The standard InChI is InChI=1S/C13H22O/c1-3-13(14)10-11(2)9-12-7-5-4-6-8-12/h4-5,7,11,13-14H,3,6,8-10H2,1-2H3. The van der Waals surface area contributed by atoms with Gasteiger partial charge in [-0.1, -0.05) is 37.6 Å². The molecule has 0 aromatic heterocycles. The maximum atomic E-state index is 9.52. The highest BCUT2D eigenvalue weighted by molar-refractivity contribution is 5.17. The molecule has 0 amide bonds. The normalized spacial score (nSPS) is 20.4. The molecule has 2 unspecified atom stereocenters. The SMILES string of the molecule is CCC(O)CC(C)CC1=CC=CCC1. The molecule has 0 radical (unpaired) electrons. The molecule has 14 heavy (non-hydrogen) atoms. The highest BCUT2D eigenvalue weighted by Crippen LogP contribution is 2.23. The molecule has 0 aromatic carbocycles. The van der Waals surface area contributed by atoms with Crippen LogP contribution in [0.4, 0.5) is 0 Å². The molecule has 0 bridgehead atoms. The summed E-state index contributed by atoms with van der Waals surface area (Å²) in [5.74, 6) is 0.614. The van der Waals surface area contributed by atoms with Crippen LogP contribution in [0.5, 0.6) is 0 Å². The zero-order chi connectivity index (χ0) is 10.4. The minimum atomic E-state index is -0.107. The molecule has 1 aliphatic rings. The molecule has 2 atom stereocenters. The Hall–Kier alpha value is -0.560. The maximum Gasteiger partial charge on any atom is 0.0540 e. The molecule has 0 spiro atoms. The van der Waals surface area contributed by atoms with Crippen molar-refractivity contribution in [1.82, 2.24) is 0 Å². The number of hydrogen-bond acceptors (Lipinski definition) is 1. The van der Waals surface area contributed by atoms with Gasteiger partial charge < -0.3 is 5.11 Å². The highest BCUT2D eigenvalue weighted by atomic mass is 16.3. The largest absolute Gasteiger partial charge is 0.393 e. The number of aliphatic hydroxyl groups is 1. The first-order valence-corrected chi connectivity index (χ1v) is 5.75. The lowest BCUT2D eigenvalue weighted by atomic mass is 9.91. The Morgan fingerprint density at radius 2 is 2.29 bits per heavy atom. The zero-order valence-corrected chi connectivity index (χ0v) is 9.37. The van der Waals surface area contributed by atoms with Gasteiger partial charge in [0.2, 0.25) is 0 Å². The minimum absolute atomic E-state index is 0.107. The molecule has 1 heteroatoms. The second kappa shape index (κ2) is 6.02. The van der Waals surface area contributed by atoms with Crippen LogP contribution in [-0.2, 0) is 0 Å².